The molecule has 0 saturated carbocycles. The number of rotatable bonds is 6. The lowest BCUT2D eigenvalue weighted by molar-refractivity contribution is -0.120. The Hall–Kier alpha value is -3.19. The molecule has 2 N–H and O–H groups in total. The Bertz CT molecular complexity index is 1120. The topological polar surface area (TPSA) is 93.1 Å². The number of aromatic nitrogens is 2. The lowest BCUT2D eigenvalue weighted by Gasteiger charge is -2.14. The van der Waals surface area contributed by atoms with Crippen LogP contribution >= 0.6 is 11.6 Å². The second-order valence-corrected chi connectivity index (χ2v) is 7.00. The molecular weight excluding hydrogens is 392 g/mol. The summed E-state index contributed by atoms with van der Waals surface area (Å²) in [4.78, 5) is 41.6. The maximum absolute atomic E-state index is 13.0. The minimum atomic E-state index is -0.390. The van der Waals surface area contributed by atoms with Gasteiger partial charge >= 0.3 is 0 Å². The maximum atomic E-state index is 13.0. The molecule has 7 nitrogen and oxygen atoms in total. The van der Waals surface area contributed by atoms with E-state index < -0.39 is 5.56 Å². The molecule has 3 rings (SSSR count). The quantitative estimate of drug-likeness (QED) is 0.651. The Morgan fingerprint density at radius 1 is 1.10 bits per heavy atom. The third kappa shape index (κ3) is 4.63. The molecule has 0 saturated heterocycles. The molecule has 29 heavy (non-hydrogen) atoms. The van der Waals surface area contributed by atoms with E-state index in [9.17, 15) is 14.4 Å². The summed E-state index contributed by atoms with van der Waals surface area (Å²) in [6.45, 7) is 1.64. The van der Waals surface area contributed by atoms with Crippen molar-refractivity contribution in [2.75, 3.05) is 12.4 Å². The number of benzene rings is 2. The van der Waals surface area contributed by atoms with E-state index in [0.717, 1.165) is 5.56 Å². The number of aryl methyl sites for hydroxylation is 2. The van der Waals surface area contributed by atoms with Crippen LogP contribution in [-0.2, 0) is 22.6 Å². The number of halogens is 1. The summed E-state index contributed by atoms with van der Waals surface area (Å²) in [5.41, 5.74) is 2.33. The lowest BCUT2D eigenvalue weighted by atomic mass is 10.2. The van der Waals surface area contributed by atoms with E-state index in [1.54, 1.807) is 36.4 Å². The molecule has 0 aliphatic carbocycles. The van der Waals surface area contributed by atoms with Crippen LogP contribution in [0.25, 0.3) is 11.0 Å². The number of nitrogens with one attached hydrogen (secondary N) is 2. The van der Waals surface area contributed by atoms with E-state index in [1.807, 2.05) is 13.0 Å². The molecule has 0 radical (unpaired) electrons. The summed E-state index contributed by atoms with van der Waals surface area (Å²) in [6, 6.07) is 12.4. The van der Waals surface area contributed by atoms with Gasteiger partial charge in [-0.25, -0.2) is 4.98 Å². The average molecular weight is 413 g/mol. The van der Waals surface area contributed by atoms with Crippen molar-refractivity contribution in [2.24, 2.45) is 0 Å². The summed E-state index contributed by atoms with van der Waals surface area (Å²) in [7, 11) is 1.54. The van der Waals surface area contributed by atoms with Gasteiger partial charge in [-0.05, 0) is 30.7 Å². The molecule has 0 aliphatic rings. The van der Waals surface area contributed by atoms with E-state index in [1.165, 1.54) is 11.6 Å². The summed E-state index contributed by atoms with van der Waals surface area (Å²) in [5.74, 6) is -0.560. The molecule has 8 heteroatoms. The average Bonchev–Trinajstić information content (AvgIpc) is 2.71. The molecule has 1 heterocycles. The number of anilines is 1. The van der Waals surface area contributed by atoms with Gasteiger partial charge in [0.15, 0.2) is 0 Å². The fourth-order valence-electron chi connectivity index (χ4n) is 3.03. The highest BCUT2D eigenvalue weighted by Crippen LogP contribution is 2.25. The summed E-state index contributed by atoms with van der Waals surface area (Å²) >= 11 is 6.18. The Kier molecular flexibility index (Phi) is 6.29. The first-order chi connectivity index (χ1) is 13.9. The Labute approximate surface area is 172 Å². The number of carbonyl (C=O) groups is 2. The zero-order valence-electron chi connectivity index (χ0n) is 16.2. The van der Waals surface area contributed by atoms with Gasteiger partial charge in [0, 0.05) is 19.9 Å². The predicted molar refractivity (Wildman–Crippen MR) is 113 cm³/mol. The third-order valence-electron chi connectivity index (χ3n) is 4.58. The molecule has 2 amide bonds. The number of para-hydroxylation sites is 3. The minimum Gasteiger partial charge on any atom is -0.359 e. The highest BCUT2D eigenvalue weighted by Gasteiger charge is 2.16. The van der Waals surface area contributed by atoms with Gasteiger partial charge in [-0.1, -0.05) is 35.9 Å². The monoisotopic (exact) mass is 412 g/mol. The summed E-state index contributed by atoms with van der Waals surface area (Å²) in [5, 5.41) is 5.73. The maximum Gasteiger partial charge on any atom is 0.273 e. The molecule has 1 aromatic heterocycles. The first-order valence-corrected chi connectivity index (χ1v) is 9.52. The van der Waals surface area contributed by atoms with Crippen molar-refractivity contribution in [1.82, 2.24) is 14.9 Å². The third-order valence-corrected chi connectivity index (χ3v) is 4.89. The van der Waals surface area contributed by atoms with Crippen molar-refractivity contribution in [3.05, 3.63) is 69.1 Å². The highest BCUT2D eigenvalue weighted by atomic mass is 35.5. The minimum absolute atomic E-state index is 0.141. The van der Waals surface area contributed by atoms with Gasteiger partial charge in [0.25, 0.3) is 5.56 Å². The normalized spacial score (nSPS) is 10.7. The van der Waals surface area contributed by atoms with E-state index in [2.05, 4.69) is 15.6 Å². The first kappa shape index (κ1) is 20.5. The van der Waals surface area contributed by atoms with Gasteiger partial charge in [-0.15, -0.1) is 0 Å². The fourth-order valence-corrected chi connectivity index (χ4v) is 3.30. The Morgan fingerprint density at radius 3 is 2.59 bits per heavy atom. The number of carbonyl (C=O) groups excluding carboxylic acids is 2. The van der Waals surface area contributed by atoms with Crippen molar-refractivity contribution < 1.29 is 9.59 Å². The van der Waals surface area contributed by atoms with E-state index in [4.69, 9.17) is 11.6 Å². The van der Waals surface area contributed by atoms with Gasteiger partial charge < -0.3 is 10.6 Å². The fraction of sp³-hybridized carbons (Fsp3) is 0.238. The Balaban J connectivity index is 1.95. The van der Waals surface area contributed by atoms with Crippen LogP contribution in [-0.4, -0.2) is 28.4 Å². The first-order valence-electron chi connectivity index (χ1n) is 9.14. The highest BCUT2D eigenvalue weighted by molar-refractivity contribution is 6.33. The zero-order chi connectivity index (χ0) is 21.0. The SMILES string of the molecule is CNC(=O)CCc1nc2ccccc2n(CC(=O)Nc2c(C)cccc2Cl)c1=O. The van der Waals surface area contributed by atoms with E-state index >= 15 is 0 Å². The van der Waals surface area contributed by atoms with Crippen molar-refractivity contribution in [3.8, 4) is 0 Å². The van der Waals surface area contributed by atoms with Crippen molar-refractivity contribution in [2.45, 2.75) is 26.3 Å². The van der Waals surface area contributed by atoms with Crippen LogP contribution < -0.4 is 16.2 Å². The molecule has 0 fully saturated rings. The molecule has 0 atom stereocenters. The van der Waals surface area contributed by atoms with Crippen LogP contribution in [0.3, 0.4) is 0 Å². The number of hydrogen-bond acceptors (Lipinski definition) is 4. The molecule has 0 spiro atoms. The van der Waals surface area contributed by atoms with E-state index in [-0.39, 0.29) is 36.9 Å². The van der Waals surface area contributed by atoms with Crippen molar-refractivity contribution in [1.29, 1.82) is 0 Å². The second kappa shape index (κ2) is 8.87. The largest absolute Gasteiger partial charge is 0.359 e. The van der Waals surface area contributed by atoms with Crippen molar-refractivity contribution >= 4 is 40.1 Å². The van der Waals surface area contributed by atoms with Gasteiger partial charge in [-0.3, -0.25) is 19.0 Å². The number of fused-ring (bicyclic) bond motifs is 1. The van der Waals surface area contributed by atoms with Crippen LogP contribution in [0, 0.1) is 6.92 Å². The smallest absolute Gasteiger partial charge is 0.273 e. The molecule has 0 unspecified atom stereocenters. The van der Waals surface area contributed by atoms with Crippen LogP contribution in [0.2, 0.25) is 5.02 Å². The van der Waals surface area contributed by atoms with Crippen molar-refractivity contribution in [3.63, 3.8) is 0 Å². The number of amides is 2. The molecular formula is C21H21ClN4O3. The van der Waals surface area contributed by atoms with E-state index in [0.29, 0.717) is 21.7 Å². The molecule has 2 aromatic carbocycles. The molecule has 0 aliphatic heterocycles. The van der Waals surface area contributed by atoms with Gasteiger partial charge in [0.05, 0.1) is 21.7 Å². The number of nitrogens with zero attached hydrogens (tertiary/aromatic N) is 2. The van der Waals surface area contributed by atoms with Crippen LogP contribution in [0.15, 0.2) is 47.3 Å². The van der Waals surface area contributed by atoms with Crippen LogP contribution in [0.4, 0.5) is 5.69 Å². The predicted octanol–water partition coefficient (Wildman–Crippen LogP) is 2.68. The molecule has 150 valence electrons. The van der Waals surface area contributed by atoms with Gasteiger partial charge in [-0.2, -0.15) is 0 Å². The zero-order valence-corrected chi connectivity index (χ0v) is 16.9. The lowest BCUT2D eigenvalue weighted by Crippen LogP contribution is -2.31. The standard InChI is InChI=1S/C21H21ClN4O3/c1-13-6-5-7-14(22)20(13)25-19(28)12-26-17-9-4-3-8-15(17)24-16(21(26)29)10-11-18(27)23-2/h3-9H,10-12H2,1-2H3,(H,23,27)(H,25,28). The summed E-state index contributed by atoms with van der Waals surface area (Å²) < 4.78 is 1.38. The van der Waals surface area contributed by atoms with Gasteiger partial charge in [0.1, 0.15) is 12.2 Å². The molecule has 3 aromatic rings. The Morgan fingerprint density at radius 2 is 1.86 bits per heavy atom. The second-order valence-electron chi connectivity index (χ2n) is 6.59. The van der Waals surface area contributed by atoms with Crippen LogP contribution in [0.5, 0.6) is 0 Å². The van der Waals surface area contributed by atoms with Gasteiger partial charge in [0.2, 0.25) is 11.8 Å². The summed E-state index contributed by atoms with van der Waals surface area (Å²) in [6.07, 6.45) is 0.330. The van der Waals surface area contributed by atoms with Crippen LogP contribution in [0.1, 0.15) is 17.7 Å². The molecule has 0 bridgehead atoms. The number of hydrogen-bond donors (Lipinski definition) is 2.